The fourth-order valence-corrected chi connectivity index (χ4v) is 13.9. The number of aromatic amines is 1. The zero-order valence-corrected chi connectivity index (χ0v) is 48.2. The van der Waals surface area contributed by atoms with Gasteiger partial charge in [-0.25, -0.2) is 0 Å². The van der Waals surface area contributed by atoms with E-state index in [1.165, 1.54) is 37.9 Å². The third-order valence-corrected chi connectivity index (χ3v) is 19.1. The van der Waals surface area contributed by atoms with Gasteiger partial charge in [-0.05, 0) is 55.0 Å². The predicted octanol–water partition coefficient (Wildman–Crippen LogP) is -2.50. The van der Waals surface area contributed by atoms with Gasteiger partial charge in [0.1, 0.15) is 28.9 Å². The minimum Gasteiger partial charge on any atom is -0.496 e. The number of benzene rings is 1. The van der Waals surface area contributed by atoms with Crippen molar-refractivity contribution in [1.29, 1.82) is 0 Å². The molecule has 4 aliphatic heterocycles. The second kappa shape index (κ2) is 28.1. The molecular weight excluding hydrogens is 1120 g/mol. The number of carbonyl (C=O) groups is 12. The van der Waals surface area contributed by atoms with Gasteiger partial charge in [0.25, 0.3) is 0 Å². The highest BCUT2D eigenvalue weighted by Gasteiger charge is 2.45. The molecule has 1 aromatic heterocycles. The van der Waals surface area contributed by atoms with E-state index in [1.54, 1.807) is 30.9 Å². The number of primary amides is 1. The third kappa shape index (κ3) is 15.3. The molecule has 2 bridgehead atoms. The zero-order chi connectivity index (χ0) is 60.6. The normalized spacial score (nSPS) is 27.8. The number of Topliss-reactive ketones (excluding diaryl/α,β-unsaturated/α-hetero) is 2. The average molecular weight is 1200 g/mol. The van der Waals surface area contributed by atoms with Gasteiger partial charge in [0.15, 0.2) is 23.1 Å². The summed E-state index contributed by atoms with van der Waals surface area (Å²) in [5.41, 5.74) is 6.62. The van der Waals surface area contributed by atoms with Crippen LogP contribution in [-0.4, -0.2) is 199 Å². The highest BCUT2D eigenvalue weighted by atomic mass is 32.2. The van der Waals surface area contributed by atoms with Crippen LogP contribution in [0.25, 0.3) is 10.9 Å². The Balaban J connectivity index is 1.35. The monoisotopic (exact) mass is 1200 g/mol. The number of hydrogen-bond acceptors (Lipinski definition) is 18. The molecule has 2 aromatic rings. The van der Waals surface area contributed by atoms with Gasteiger partial charge >= 0.3 is 0 Å². The van der Waals surface area contributed by atoms with E-state index >= 15 is 4.21 Å². The molecule has 0 saturated carbocycles. The van der Waals surface area contributed by atoms with Crippen LogP contribution in [0.4, 0.5) is 0 Å². The van der Waals surface area contributed by atoms with Crippen LogP contribution in [0.2, 0.25) is 0 Å². The number of hydrogen-bond donors (Lipinski definition) is 10. The minimum atomic E-state index is -2.43. The number of allylic oxidation sites excluding steroid dienone is 2. The Hall–Kier alpha value is -6.88. The first kappa shape index (κ1) is 63.7. The molecule has 26 nitrogen and oxygen atoms in total. The van der Waals surface area contributed by atoms with Crippen molar-refractivity contribution in [3.05, 3.63) is 35.4 Å². The topological polar surface area (TPSA) is 400 Å². The second-order valence-corrected chi connectivity index (χ2v) is 24.7. The van der Waals surface area contributed by atoms with Crippen molar-refractivity contribution in [1.82, 2.24) is 41.4 Å². The SMILES string of the molecule is CC[C@H](C)[C@@H]1CC(=O)CNC(=O)[C@H]2CC(=O)[C@H]([C@@H](C)[C@@H](O)CO)NC(=O)[C@@H]3C[C@@H](O)CN3C(=O)[C@H](CC(N)=O)NC(=O)[C@H](CS(=O)c3[nH]c4c(CS[C@@H]5CCN(C(=O)CCC6C(=O)C=CC6=O)C5)c(OC)ccc4c3C2)NC(=O)CNC1=O. The number of aromatic nitrogens is 1. The average Bonchev–Trinajstić information content (AvgIpc) is 4.30. The molecule has 12 atom stereocenters. The Bertz CT molecular complexity index is 2950. The molecule has 1 aliphatic carbocycles. The molecule has 1 unspecified atom stereocenters. The van der Waals surface area contributed by atoms with Crippen LogP contribution in [-0.2, 0) is 80.5 Å². The molecular formula is C55H73N9O17S2. The van der Waals surface area contributed by atoms with Crippen LogP contribution in [0, 0.1) is 29.6 Å². The van der Waals surface area contributed by atoms with Crippen LogP contribution < -0.4 is 37.1 Å². The summed E-state index contributed by atoms with van der Waals surface area (Å²) in [7, 11) is -1.01. The number of H-pyrrole nitrogens is 1. The quantitative estimate of drug-likeness (QED) is 0.0875. The Morgan fingerprint density at radius 1 is 0.904 bits per heavy atom. The van der Waals surface area contributed by atoms with E-state index in [4.69, 9.17) is 10.5 Å². The first-order valence-corrected chi connectivity index (χ1v) is 30.1. The Kier molecular flexibility index (Phi) is 21.6. The Morgan fingerprint density at radius 3 is 2.29 bits per heavy atom. The molecule has 2 fully saturated rings. The number of amides is 8. The molecule has 0 radical (unpaired) electrons. The molecule has 83 heavy (non-hydrogen) atoms. The van der Waals surface area contributed by atoms with Gasteiger partial charge in [-0.1, -0.05) is 27.2 Å². The molecule has 1 aromatic carbocycles. The Morgan fingerprint density at radius 2 is 1.61 bits per heavy atom. The zero-order valence-electron chi connectivity index (χ0n) is 46.6. The van der Waals surface area contributed by atoms with Crippen molar-refractivity contribution in [2.24, 2.45) is 35.3 Å². The molecule has 0 spiro atoms. The van der Waals surface area contributed by atoms with Crippen LogP contribution in [0.5, 0.6) is 5.75 Å². The summed E-state index contributed by atoms with van der Waals surface area (Å²) in [4.78, 5) is 171. The van der Waals surface area contributed by atoms with E-state index in [2.05, 4.69) is 31.6 Å². The summed E-state index contributed by atoms with van der Waals surface area (Å²) >= 11 is 1.47. The summed E-state index contributed by atoms with van der Waals surface area (Å²) in [6, 6.07) is -3.74. The van der Waals surface area contributed by atoms with Crippen molar-refractivity contribution in [2.45, 2.75) is 131 Å². The minimum absolute atomic E-state index is 0.00299. The third-order valence-electron chi connectivity index (χ3n) is 16.3. The van der Waals surface area contributed by atoms with Gasteiger partial charge in [0.05, 0.1) is 79.5 Å². The van der Waals surface area contributed by atoms with Crippen LogP contribution in [0.1, 0.15) is 83.3 Å². The van der Waals surface area contributed by atoms with E-state index < -0.39 is 194 Å². The van der Waals surface area contributed by atoms with Gasteiger partial charge in [-0.2, -0.15) is 11.8 Å². The lowest BCUT2D eigenvalue weighted by Crippen LogP contribution is -2.60. The van der Waals surface area contributed by atoms with Crippen molar-refractivity contribution >= 4 is 104 Å². The van der Waals surface area contributed by atoms with Gasteiger partial charge in [-0.3, -0.25) is 61.7 Å². The molecule has 2 saturated heterocycles. The second-order valence-electron chi connectivity index (χ2n) is 22.0. The maximum absolute atomic E-state index is 15.4. The number of ether oxygens (including phenoxy) is 1. The number of carbonyl (C=O) groups excluding carboxylic acids is 12. The summed E-state index contributed by atoms with van der Waals surface area (Å²) in [6.45, 7) is 2.80. The number of rotatable bonds is 14. The highest BCUT2D eigenvalue weighted by Crippen LogP contribution is 2.39. The molecule has 28 heteroatoms. The van der Waals surface area contributed by atoms with Crippen LogP contribution >= 0.6 is 11.8 Å². The summed E-state index contributed by atoms with van der Waals surface area (Å²) in [5, 5.41) is 44.7. The molecule has 5 heterocycles. The van der Waals surface area contributed by atoms with Gasteiger partial charge in [-0.15, -0.1) is 0 Å². The maximum atomic E-state index is 15.4. The molecule has 5 aliphatic rings. The van der Waals surface area contributed by atoms with Crippen molar-refractivity contribution in [2.75, 3.05) is 52.2 Å². The van der Waals surface area contributed by atoms with E-state index in [1.807, 2.05) is 0 Å². The number of nitrogens with two attached hydrogens (primary N) is 1. The van der Waals surface area contributed by atoms with Crippen molar-refractivity contribution < 1.29 is 81.8 Å². The molecule has 7 rings (SSSR count). The first-order chi connectivity index (χ1) is 39.4. The number of likely N-dealkylation sites (tertiary alicyclic amines) is 1. The standard InChI is InChI=1S/C55H73N9O17S2/c1-5-26(2)34-16-29(66)19-57-50(75)28-14-35-32-6-10-44(81-4)36(24-82-31-12-13-63(22-31)47(74)11-7-33-40(68)8-9-41(33)69)49(32)62-54(35)83(80)25-38(59-46(73)20-58-51(34)76)52(77)60-37(18-45(56)72)55(79)64-21-30(67)17-39(64)53(78)61-48(42(70)15-28)27(3)43(71)23-65/h6,8-10,26-28,30-31,33-34,37-39,43,48,62,65,67,71H,5,7,11-25H2,1-4H3,(H2,56,72)(H,57,75)(H,58,76)(H,59,73)(H,60,77)(H,61,78)/t26-,27-,28+,30+,31+,34-,37-,38-,39-,43-,48-,83?/m0/s1. The number of methoxy groups -OCH3 is 1. The smallest absolute Gasteiger partial charge is 0.246 e. The van der Waals surface area contributed by atoms with Crippen molar-refractivity contribution in [3.8, 4) is 5.75 Å². The predicted molar refractivity (Wildman–Crippen MR) is 298 cm³/mol. The first-order valence-electron chi connectivity index (χ1n) is 27.7. The maximum Gasteiger partial charge on any atom is 0.246 e. The van der Waals surface area contributed by atoms with Gasteiger partial charge < -0.3 is 67.2 Å². The molecule has 452 valence electrons. The lowest BCUT2D eigenvalue weighted by Gasteiger charge is -2.32. The number of nitrogens with zero attached hydrogens (tertiary/aromatic N) is 2. The number of nitrogens with one attached hydrogen (secondary N) is 6. The number of fused-ring (bicyclic) bond motifs is 5. The molecule has 8 amide bonds. The van der Waals surface area contributed by atoms with E-state index in [0.29, 0.717) is 48.1 Å². The fraction of sp³-hybridized carbons (Fsp3) is 0.600. The summed E-state index contributed by atoms with van der Waals surface area (Å²) < 4.78 is 21.2. The number of thioether (sulfide) groups is 1. The number of aliphatic hydroxyl groups excluding tert-OH is 3. The molecule has 11 N–H and O–H groups in total. The summed E-state index contributed by atoms with van der Waals surface area (Å²) in [6.07, 6.45) is -2.35. The lowest BCUT2D eigenvalue weighted by atomic mass is 9.85. The number of aliphatic hydroxyl groups is 3. The largest absolute Gasteiger partial charge is 0.496 e. The van der Waals surface area contributed by atoms with Crippen molar-refractivity contribution in [3.63, 3.8) is 0 Å². The van der Waals surface area contributed by atoms with Gasteiger partial charge in [0, 0.05) is 85.0 Å². The van der Waals surface area contributed by atoms with E-state index in [9.17, 15) is 72.9 Å². The van der Waals surface area contributed by atoms with Crippen LogP contribution in [0.15, 0.2) is 29.3 Å². The van der Waals surface area contributed by atoms with Crippen LogP contribution in [0.3, 0.4) is 0 Å². The highest BCUT2D eigenvalue weighted by molar-refractivity contribution is 7.99. The Labute approximate surface area is 484 Å². The van der Waals surface area contributed by atoms with Gasteiger partial charge in [0.2, 0.25) is 47.3 Å². The van der Waals surface area contributed by atoms with E-state index in [-0.39, 0.29) is 51.9 Å². The lowest BCUT2D eigenvalue weighted by molar-refractivity contribution is -0.144. The number of ketones is 4. The van der Waals surface area contributed by atoms with E-state index in [0.717, 1.165) is 4.90 Å². The summed E-state index contributed by atoms with van der Waals surface area (Å²) in [5.74, 6) is -14.6. The fourth-order valence-electron chi connectivity index (χ4n) is 11.2.